The second-order valence-electron chi connectivity index (χ2n) is 3.87. The molecule has 0 fully saturated rings. The molecule has 0 spiro atoms. The first-order valence-corrected chi connectivity index (χ1v) is 5.72. The van der Waals surface area contributed by atoms with E-state index < -0.39 is 0 Å². The van der Waals surface area contributed by atoms with Crippen molar-refractivity contribution in [3.63, 3.8) is 0 Å². The minimum absolute atomic E-state index is 0.0274. The molecule has 3 heteroatoms. The lowest BCUT2D eigenvalue weighted by Gasteiger charge is -2.18. The molecule has 0 saturated carbocycles. The molecule has 0 aliphatic heterocycles. The molecule has 1 unspecified atom stereocenters. The summed E-state index contributed by atoms with van der Waals surface area (Å²) in [7, 11) is 0. The van der Waals surface area contributed by atoms with Crippen LogP contribution in [0.4, 0.5) is 10.1 Å². The van der Waals surface area contributed by atoms with Crippen LogP contribution in [0.3, 0.4) is 0 Å². The number of rotatable bonds is 4. The predicted molar refractivity (Wildman–Crippen MR) is 67.3 cm³/mol. The van der Waals surface area contributed by atoms with Gasteiger partial charge in [-0.1, -0.05) is 25.1 Å². The topological polar surface area (TPSA) is 24.9 Å². The number of benzene rings is 1. The Bertz CT molecular complexity index is 471. The van der Waals surface area contributed by atoms with E-state index in [1.165, 1.54) is 6.07 Å². The third-order valence-electron chi connectivity index (χ3n) is 2.69. The zero-order chi connectivity index (χ0) is 12.1. The minimum atomic E-state index is -0.171. The number of nitrogens with one attached hydrogen (secondary N) is 1. The fourth-order valence-electron chi connectivity index (χ4n) is 1.81. The van der Waals surface area contributed by atoms with Gasteiger partial charge < -0.3 is 5.32 Å². The van der Waals surface area contributed by atoms with Gasteiger partial charge in [0.2, 0.25) is 0 Å². The van der Waals surface area contributed by atoms with Gasteiger partial charge in [0.1, 0.15) is 5.82 Å². The van der Waals surface area contributed by atoms with E-state index >= 15 is 0 Å². The van der Waals surface area contributed by atoms with Gasteiger partial charge in [-0.15, -0.1) is 0 Å². The molecule has 17 heavy (non-hydrogen) atoms. The molecular formula is C14H15FN2. The lowest BCUT2D eigenvalue weighted by Crippen LogP contribution is -2.11. The van der Waals surface area contributed by atoms with Crippen molar-refractivity contribution in [1.82, 2.24) is 4.98 Å². The van der Waals surface area contributed by atoms with Crippen LogP contribution < -0.4 is 5.32 Å². The van der Waals surface area contributed by atoms with E-state index in [0.29, 0.717) is 5.56 Å². The van der Waals surface area contributed by atoms with Crippen molar-refractivity contribution in [3.8, 4) is 0 Å². The largest absolute Gasteiger partial charge is 0.377 e. The quantitative estimate of drug-likeness (QED) is 0.864. The summed E-state index contributed by atoms with van der Waals surface area (Å²) in [4.78, 5) is 4.03. The maximum absolute atomic E-state index is 13.7. The molecule has 1 atom stereocenters. The Hall–Kier alpha value is -1.90. The van der Waals surface area contributed by atoms with E-state index in [9.17, 15) is 4.39 Å². The van der Waals surface area contributed by atoms with Crippen molar-refractivity contribution in [2.75, 3.05) is 5.32 Å². The van der Waals surface area contributed by atoms with Crippen LogP contribution in [0.15, 0.2) is 48.8 Å². The first-order chi connectivity index (χ1) is 8.31. The van der Waals surface area contributed by atoms with Crippen molar-refractivity contribution in [2.45, 2.75) is 19.4 Å². The first-order valence-electron chi connectivity index (χ1n) is 5.72. The lowest BCUT2D eigenvalue weighted by molar-refractivity contribution is 0.587. The maximum Gasteiger partial charge on any atom is 0.128 e. The number of hydrogen-bond acceptors (Lipinski definition) is 2. The fourth-order valence-corrected chi connectivity index (χ4v) is 1.81. The van der Waals surface area contributed by atoms with Crippen LogP contribution >= 0.6 is 0 Å². The summed E-state index contributed by atoms with van der Waals surface area (Å²) in [6.45, 7) is 2.03. The van der Waals surface area contributed by atoms with Gasteiger partial charge in [0.25, 0.3) is 0 Å². The summed E-state index contributed by atoms with van der Waals surface area (Å²) in [6.07, 6.45) is 4.27. The summed E-state index contributed by atoms with van der Waals surface area (Å²) >= 11 is 0. The molecule has 2 rings (SSSR count). The van der Waals surface area contributed by atoms with Gasteiger partial charge in [-0.2, -0.15) is 0 Å². The maximum atomic E-state index is 13.7. The Balaban J connectivity index is 2.21. The van der Waals surface area contributed by atoms with Gasteiger partial charge >= 0.3 is 0 Å². The average Bonchev–Trinajstić information content (AvgIpc) is 2.38. The standard InChI is InChI=1S/C14H15FN2/c1-2-14(12-7-3-4-8-13(12)15)17-11-6-5-9-16-10-11/h3-10,14,17H,2H2,1H3. The van der Waals surface area contributed by atoms with Crippen molar-refractivity contribution < 1.29 is 4.39 Å². The number of halogens is 1. The second-order valence-corrected chi connectivity index (χ2v) is 3.87. The van der Waals surface area contributed by atoms with Gasteiger partial charge in [0, 0.05) is 18.0 Å². The highest BCUT2D eigenvalue weighted by Crippen LogP contribution is 2.23. The molecule has 0 amide bonds. The second kappa shape index (κ2) is 5.43. The van der Waals surface area contributed by atoms with E-state index in [4.69, 9.17) is 0 Å². The zero-order valence-electron chi connectivity index (χ0n) is 9.73. The van der Waals surface area contributed by atoms with Crippen LogP contribution in [0.5, 0.6) is 0 Å². The van der Waals surface area contributed by atoms with Gasteiger partial charge in [0.15, 0.2) is 0 Å². The molecule has 1 aromatic heterocycles. The summed E-state index contributed by atoms with van der Waals surface area (Å²) in [5, 5.41) is 3.28. The number of aromatic nitrogens is 1. The van der Waals surface area contributed by atoms with Crippen molar-refractivity contribution >= 4 is 5.69 Å². The molecule has 0 saturated heterocycles. The van der Waals surface area contributed by atoms with Crippen molar-refractivity contribution in [2.24, 2.45) is 0 Å². The van der Waals surface area contributed by atoms with Crippen LogP contribution in [0.25, 0.3) is 0 Å². The van der Waals surface area contributed by atoms with Crippen LogP contribution in [-0.2, 0) is 0 Å². The van der Waals surface area contributed by atoms with E-state index in [1.807, 2.05) is 31.2 Å². The van der Waals surface area contributed by atoms with Gasteiger partial charge in [-0.25, -0.2) is 4.39 Å². The Morgan fingerprint density at radius 3 is 2.71 bits per heavy atom. The van der Waals surface area contributed by atoms with Crippen LogP contribution in [0, 0.1) is 5.82 Å². The minimum Gasteiger partial charge on any atom is -0.377 e. The molecule has 1 heterocycles. The lowest BCUT2D eigenvalue weighted by atomic mass is 10.0. The number of hydrogen-bond donors (Lipinski definition) is 1. The molecule has 2 nitrogen and oxygen atoms in total. The summed E-state index contributed by atoms with van der Waals surface area (Å²) in [6, 6.07) is 10.6. The van der Waals surface area contributed by atoms with Crippen molar-refractivity contribution in [3.05, 3.63) is 60.2 Å². The number of pyridine rings is 1. The van der Waals surface area contributed by atoms with Crippen LogP contribution in [0.1, 0.15) is 24.9 Å². The molecule has 1 aromatic carbocycles. The SMILES string of the molecule is CCC(Nc1cccnc1)c1ccccc1F. The first kappa shape index (κ1) is 11.6. The third kappa shape index (κ3) is 2.81. The molecule has 0 bridgehead atoms. The molecular weight excluding hydrogens is 215 g/mol. The van der Waals surface area contributed by atoms with Crippen LogP contribution in [-0.4, -0.2) is 4.98 Å². The molecule has 0 aliphatic carbocycles. The predicted octanol–water partition coefficient (Wildman–Crippen LogP) is 3.78. The molecule has 0 radical (unpaired) electrons. The molecule has 0 aliphatic rings. The van der Waals surface area contributed by atoms with Crippen LogP contribution in [0.2, 0.25) is 0 Å². The highest BCUT2D eigenvalue weighted by atomic mass is 19.1. The number of nitrogens with zero attached hydrogens (tertiary/aromatic N) is 1. The zero-order valence-corrected chi connectivity index (χ0v) is 9.73. The summed E-state index contributed by atoms with van der Waals surface area (Å²) < 4.78 is 13.7. The van der Waals surface area contributed by atoms with Crippen molar-refractivity contribution in [1.29, 1.82) is 0 Å². The van der Waals surface area contributed by atoms with Gasteiger partial charge in [0.05, 0.1) is 11.7 Å². The van der Waals surface area contributed by atoms with E-state index in [1.54, 1.807) is 18.5 Å². The van der Waals surface area contributed by atoms with Gasteiger partial charge in [-0.3, -0.25) is 4.98 Å². The molecule has 2 aromatic rings. The Kier molecular flexibility index (Phi) is 3.70. The summed E-state index contributed by atoms with van der Waals surface area (Å²) in [5.41, 5.74) is 1.60. The number of anilines is 1. The Morgan fingerprint density at radius 2 is 2.06 bits per heavy atom. The Morgan fingerprint density at radius 1 is 1.24 bits per heavy atom. The van der Waals surface area contributed by atoms with Gasteiger partial charge in [-0.05, 0) is 24.6 Å². The average molecular weight is 230 g/mol. The smallest absolute Gasteiger partial charge is 0.128 e. The fraction of sp³-hybridized carbons (Fsp3) is 0.214. The normalized spacial score (nSPS) is 12.1. The highest BCUT2D eigenvalue weighted by molar-refractivity contribution is 5.43. The molecule has 1 N–H and O–H groups in total. The summed E-state index contributed by atoms with van der Waals surface area (Å²) in [5.74, 6) is -0.171. The molecule has 88 valence electrons. The highest BCUT2D eigenvalue weighted by Gasteiger charge is 2.12. The third-order valence-corrected chi connectivity index (χ3v) is 2.69. The Labute approximate surface area is 101 Å². The van der Waals surface area contributed by atoms with E-state index in [0.717, 1.165) is 12.1 Å². The monoisotopic (exact) mass is 230 g/mol. The van der Waals surface area contributed by atoms with E-state index in [2.05, 4.69) is 10.3 Å². The van der Waals surface area contributed by atoms with E-state index in [-0.39, 0.29) is 11.9 Å².